The average Bonchev–Trinajstić information content (AvgIpc) is 2.90. The van der Waals surface area contributed by atoms with Gasteiger partial charge in [-0.25, -0.2) is 0 Å². The van der Waals surface area contributed by atoms with Gasteiger partial charge in [-0.1, -0.05) is 37.1 Å². The van der Waals surface area contributed by atoms with Crippen LogP contribution in [0.25, 0.3) is 0 Å². The normalized spacial score (nSPS) is 38.3. The number of Topliss-reactive ketones (excluding diaryl/α,β-unsaturated/α-hetero) is 1. The molecule has 8 rings (SSSR count). The van der Waals surface area contributed by atoms with Crippen molar-refractivity contribution in [2.24, 2.45) is 35.5 Å². The van der Waals surface area contributed by atoms with Crippen molar-refractivity contribution in [3.63, 3.8) is 0 Å². The van der Waals surface area contributed by atoms with E-state index in [0.29, 0.717) is 69.6 Å². The van der Waals surface area contributed by atoms with E-state index >= 15 is 0 Å². The minimum Gasteiger partial charge on any atom is -0.382 e. The summed E-state index contributed by atoms with van der Waals surface area (Å²) in [4.78, 5) is 40.4. The highest BCUT2D eigenvalue weighted by Crippen LogP contribution is 2.63. The van der Waals surface area contributed by atoms with Crippen molar-refractivity contribution in [3.8, 4) is 0 Å². The van der Waals surface area contributed by atoms with E-state index in [9.17, 15) is 14.4 Å². The first-order valence-corrected chi connectivity index (χ1v) is 13.8. The Bertz CT molecular complexity index is 1310. The molecule has 4 fully saturated rings. The quantitative estimate of drug-likeness (QED) is 0.457. The van der Waals surface area contributed by atoms with Crippen LogP contribution >= 0.6 is 0 Å². The third-order valence-electron chi connectivity index (χ3n) is 10.9. The van der Waals surface area contributed by atoms with Gasteiger partial charge in [-0.2, -0.15) is 0 Å². The zero-order chi connectivity index (χ0) is 23.4. The van der Waals surface area contributed by atoms with Gasteiger partial charge >= 0.3 is 0 Å². The molecule has 0 spiro atoms. The molecule has 5 aliphatic carbocycles. The Morgan fingerprint density at radius 2 is 1.34 bits per heavy atom. The fourth-order valence-corrected chi connectivity index (χ4v) is 9.63. The maximum atomic E-state index is 13.7. The largest absolute Gasteiger partial charge is 0.382 e. The predicted molar refractivity (Wildman–Crippen MR) is 133 cm³/mol. The number of hydrogen-bond acceptors (Lipinski definition) is 4. The summed E-state index contributed by atoms with van der Waals surface area (Å²) in [6.45, 7) is 0. The highest BCUT2D eigenvalue weighted by atomic mass is 16.1. The Hall–Kier alpha value is -2.75. The number of rotatable bonds is 0. The van der Waals surface area contributed by atoms with Crippen molar-refractivity contribution >= 4 is 23.0 Å². The van der Waals surface area contributed by atoms with Gasteiger partial charge in [-0.3, -0.25) is 14.4 Å². The molecule has 0 amide bonds. The molecule has 1 N–H and O–H groups in total. The monoisotopic (exact) mass is 465 g/mol. The lowest BCUT2D eigenvalue weighted by atomic mass is 9.45. The summed E-state index contributed by atoms with van der Waals surface area (Å²) in [5.41, 5.74) is 4.40. The molecule has 8 atom stereocenters. The zero-order valence-corrected chi connectivity index (χ0v) is 20.0. The Morgan fingerprint density at radius 3 is 2.14 bits per heavy atom. The van der Waals surface area contributed by atoms with Crippen LogP contribution in [0, 0.1) is 35.5 Å². The van der Waals surface area contributed by atoms with Crippen molar-refractivity contribution in [3.05, 3.63) is 64.2 Å². The van der Waals surface area contributed by atoms with E-state index in [1.54, 1.807) is 12.1 Å². The van der Waals surface area contributed by atoms with E-state index in [-0.39, 0.29) is 17.5 Å². The molecule has 0 unspecified atom stereocenters. The second kappa shape index (κ2) is 7.15. The van der Waals surface area contributed by atoms with Gasteiger partial charge in [0.2, 0.25) is 0 Å². The summed E-state index contributed by atoms with van der Waals surface area (Å²) in [5, 5.41) is 3.84. The van der Waals surface area contributed by atoms with E-state index in [4.69, 9.17) is 0 Å². The van der Waals surface area contributed by atoms with E-state index in [0.717, 1.165) is 31.4 Å². The first-order valence-electron chi connectivity index (χ1n) is 13.8. The molecule has 0 aromatic heterocycles. The van der Waals surface area contributed by atoms with Crippen molar-refractivity contribution in [2.45, 2.75) is 63.3 Å². The standard InChI is InChI=1S/C31H31NO3/c33-29-18-6-2-1-5-15(18)16-11-12-25-28-17(9-10-21(29)27(16)28)22-13-23-24(14-26(22)32-25)31(35)20-8-4-3-7-19(20)30(23)34/h3-4,7-8,13-18,21,25,27-28,32H,1-2,5-6,9-12H2/t15-,16+,17-,18-,21+,25+,27+,28+/m0/s1. The fourth-order valence-electron chi connectivity index (χ4n) is 9.63. The van der Waals surface area contributed by atoms with Crippen LogP contribution in [0.15, 0.2) is 36.4 Å². The number of nitrogens with one attached hydrogen (secondary N) is 1. The molecule has 0 radical (unpaired) electrons. The van der Waals surface area contributed by atoms with E-state index in [1.807, 2.05) is 24.3 Å². The Labute approximate surface area is 205 Å². The SMILES string of the molecule is O=C1c2ccccc2C(=O)c2cc3c(cc21)N[C@@H]1CC[C@@H]2[C@@H]4CCCC[C@@H]4C(=O)[C@@H]4CC[C@@H]3[C@H]1[C@H]24. The lowest BCUT2D eigenvalue weighted by Crippen LogP contribution is -2.60. The summed E-state index contributed by atoms with van der Waals surface area (Å²) in [6.07, 6.45) is 9.24. The number of ketones is 3. The van der Waals surface area contributed by atoms with Gasteiger partial charge in [0.25, 0.3) is 0 Å². The predicted octanol–water partition coefficient (Wildman–Crippen LogP) is 5.78. The summed E-state index contributed by atoms with van der Waals surface area (Å²) in [6, 6.07) is 11.6. The number of anilines is 1. The molecule has 4 saturated carbocycles. The second-order valence-electron chi connectivity index (χ2n) is 12.1. The molecule has 0 bridgehead atoms. The van der Waals surface area contributed by atoms with Gasteiger partial charge in [-0.15, -0.1) is 0 Å². The van der Waals surface area contributed by atoms with Crippen LogP contribution in [0.3, 0.4) is 0 Å². The van der Waals surface area contributed by atoms with Crippen molar-refractivity contribution < 1.29 is 14.4 Å². The van der Waals surface area contributed by atoms with Gasteiger partial charge in [-0.05, 0) is 85.8 Å². The summed E-state index contributed by atoms with van der Waals surface area (Å²) >= 11 is 0. The van der Waals surface area contributed by atoms with Crippen molar-refractivity contribution in [1.82, 2.24) is 0 Å². The van der Waals surface area contributed by atoms with Crippen LogP contribution in [0.5, 0.6) is 0 Å². The molecule has 4 nitrogen and oxygen atoms in total. The summed E-state index contributed by atoms with van der Waals surface area (Å²) in [5.74, 6) is 3.66. The minimum absolute atomic E-state index is 0.0341. The van der Waals surface area contributed by atoms with Crippen LogP contribution in [0.1, 0.15) is 94.7 Å². The van der Waals surface area contributed by atoms with E-state index in [2.05, 4.69) is 5.32 Å². The molecule has 0 saturated heterocycles. The highest BCUT2D eigenvalue weighted by molar-refractivity contribution is 6.28. The maximum absolute atomic E-state index is 13.7. The third-order valence-corrected chi connectivity index (χ3v) is 10.9. The first-order chi connectivity index (χ1) is 17.1. The topological polar surface area (TPSA) is 63.2 Å². The lowest BCUT2D eigenvalue weighted by molar-refractivity contribution is -0.150. The number of fused-ring (bicyclic) bond motifs is 6. The van der Waals surface area contributed by atoms with Crippen LogP contribution < -0.4 is 5.32 Å². The van der Waals surface area contributed by atoms with E-state index < -0.39 is 0 Å². The molecule has 1 aliphatic heterocycles. The number of carbonyl (C=O) groups excluding carboxylic acids is 3. The maximum Gasteiger partial charge on any atom is 0.194 e. The van der Waals surface area contributed by atoms with Gasteiger partial charge in [0, 0.05) is 45.8 Å². The second-order valence-corrected chi connectivity index (χ2v) is 12.1. The molecule has 178 valence electrons. The van der Waals surface area contributed by atoms with Crippen LogP contribution in [0.2, 0.25) is 0 Å². The molecule has 2 aromatic rings. The molecular weight excluding hydrogens is 434 g/mol. The number of benzene rings is 2. The zero-order valence-electron chi connectivity index (χ0n) is 20.0. The minimum atomic E-state index is -0.0458. The van der Waals surface area contributed by atoms with Gasteiger partial charge in [0.1, 0.15) is 5.78 Å². The fraction of sp³-hybridized carbons (Fsp3) is 0.516. The van der Waals surface area contributed by atoms with Crippen LogP contribution in [0.4, 0.5) is 5.69 Å². The van der Waals surface area contributed by atoms with E-state index in [1.165, 1.54) is 31.2 Å². The van der Waals surface area contributed by atoms with Crippen LogP contribution in [-0.4, -0.2) is 23.4 Å². The number of hydrogen-bond donors (Lipinski definition) is 1. The Balaban J connectivity index is 1.23. The molecule has 6 aliphatic rings. The lowest BCUT2D eigenvalue weighted by Gasteiger charge is -2.61. The van der Waals surface area contributed by atoms with Gasteiger partial charge < -0.3 is 5.32 Å². The van der Waals surface area contributed by atoms with Crippen molar-refractivity contribution in [2.75, 3.05) is 5.32 Å². The molecule has 2 aromatic carbocycles. The Morgan fingerprint density at radius 1 is 0.629 bits per heavy atom. The average molecular weight is 466 g/mol. The Kier molecular flexibility index (Phi) is 4.18. The third kappa shape index (κ3) is 2.61. The van der Waals surface area contributed by atoms with Crippen molar-refractivity contribution in [1.29, 1.82) is 0 Å². The molecule has 35 heavy (non-hydrogen) atoms. The molecule has 1 heterocycles. The summed E-state index contributed by atoms with van der Waals surface area (Å²) in [7, 11) is 0. The van der Waals surface area contributed by atoms with Gasteiger partial charge in [0.05, 0.1) is 0 Å². The molecular formula is C31H31NO3. The number of carbonyl (C=O) groups is 3. The van der Waals surface area contributed by atoms with Crippen LogP contribution in [-0.2, 0) is 4.79 Å². The summed E-state index contributed by atoms with van der Waals surface area (Å²) < 4.78 is 0. The highest BCUT2D eigenvalue weighted by Gasteiger charge is 2.59. The smallest absolute Gasteiger partial charge is 0.194 e. The van der Waals surface area contributed by atoms with Gasteiger partial charge in [0.15, 0.2) is 11.6 Å². The first kappa shape index (κ1) is 20.4. The molecule has 4 heteroatoms.